The van der Waals surface area contributed by atoms with Crippen LogP contribution in [0.4, 0.5) is 0 Å². The maximum absolute atomic E-state index is 12.6. The second-order valence-electron chi connectivity index (χ2n) is 6.18. The maximum Gasteiger partial charge on any atom is 0.326 e. The lowest BCUT2D eigenvalue weighted by Crippen LogP contribution is -2.46. The molecule has 2 N–H and O–H groups in total. The lowest BCUT2D eigenvalue weighted by molar-refractivity contribution is -0.142. The van der Waals surface area contributed by atoms with Crippen LogP contribution in [0.25, 0.3) is 0 Å². The van der Waals surface area contributed by atoms with Gasteiger partial charge in [0.2, 0.25) is 5.91 Å². The fraction of sp³-hybridized carbons (Fsp3) is 0.588. The van der Waals surface area contributed by atoms with E-state index < -0.39 is 24.0 Å². The predicted octanol–water partition coefficient (Wildman–Crippen LogP) is 2.11. The first-order chi connectivity index (χ1) is 10.8. The van der Waals surface area contributed by atoms with Crippen molar-refractivity contribution in [3.63, 3.8) is 0 Å². The van der Waals surface area contributed by atoms with Crippen LogP contribution in [0, 0.1) is 12.8 Å². The summed E-state index contributed by atoms with van der Waals surface area (Å²) in [5, 5.41) is 11.8. The van der Waals surface area contributed by atoms with Crippen LogP contribution in [0.2, 0.25) is 0 Å². The maximum atomic E-state index is 12.6. The van der Waals surface area contributed by atoms with Crippen LogP contribution < -0.4 is 10.9 Å². The van der Waals surface area contributed by atoms with Crippen LogP contribution in [0.5, 0.6) is 0 Å². The number of nitrogens with zero attached hydrogens (tertiary/aromatic N) is 1. The summed E-state index contributed by atoms with van der Waals surface area (Å²) in [7, 11) is 0. The van der Waals surface area contributed by atoms with Crippen molar-refractivity contribution in [3.05, 3.63) is 34.2 Å². The molecule has 1 heterocycles. The monoisotopic (exact) mass is 322 g/mol. The smallest absolute Gasteiger partial charge is 0.326 e. The Labute approximate surface area is 136 Å². The van der Waals surface area contributed by atoms with Gasteiger partial charge in [0.1, 0.15) is 12.1 Å². The molecular formula is C17H26N2O4. The fourth-order valence-electron chi connectivity index (χ4n) is 2.49. The highest BCUT2D eigenvalue weighted by Crippen LogP contribution is 2.17. The van der Waals surface area contributed by atoms with E-state index in [1.807, 2.05) is 20.8 Å². The second kappa shape index (κ2) is 8.50. The third kappa shape index (κ3) is 5.23. The number of carbonyl (C=O) groups excluding carboxylic acids is 1. The minimum Gasteiger partial charge on any atom is -0.480 e. The summed E-state index contributed by atoms with van der Waals surface area (Å²) in [6.07, 6.45) is 3.54. The molecule has 0 aromatic carbocycles. The first-order valence-electron chi connectivity index (χ1n) is 7.99. The average molecular weight is 322 g/mol. The number of aromatic nitrogens is 1. The lowest BCUT2D eigenvalue weighted by Gasteiger charge is -2.25. The summed E-state index contributed by atoms with van der Waals surface area (Å²) in [6.45, 7) is 7.43. The molecule has 0 aliphatic carbocycles. The molecule has 0 fully saturated rings. The van der Waals surface area contributed by atoms with E-state index in [0.717, 1.165) is 12.0 Å². The van der Waals surface area contributed by atoms with Gasteiger partial charge in [-0.1, -0.05) is 33.6 Å². The largest absolute Gasteiger partial charge is 0.480 e. The summed E-state index contributed by atoms with van der Waals surface area (Å²) in [5.74, 6) is -1.63. The van der Waals surface area contributed by atoms with E-state index in [9.17, 15) is 19.5 Å². The molecule has 1 rings (SSSR count). The van der Waals surface area contributed by atoms with Crippen molar-refractivity contribution in [2.45, 2.75) is 59.0 Å². The molecule has 0 radical (unpaired) electrons. The third-order valence-electron chi connectivity index (χ3n) is 3.76. The van der Waals surface area contributed by atoms with Crippen molar-refractivity contribution in [1.82, 2.24) is 9.88 Å². The van der Waals surface area contributed by atoms with Crippen molar-refractivity contribution in [3.8, 4) is 0 Å². The molecule has 0 saturated heterocycles. The molecule has 0 bridgehead atoms. The average Bonchev–Trinajstić information content (AvgIpc) is 2.45. The van der Waals surface area contributed by atoms with Crippen molar-refractivity contribution in [2.24, 2.45) is 5.92 Å². The second-order valence-corrected chi connectivity index (χ2v) is 6.18. The van der Waals surface area contributed by atoms with Gasteiger partial charge in [-0.15, -0.1) is 0 Å². The number of carbonyl (C=O) groups is 2. The van der Waals surface area contributed by atoms with Crippen molar-refractivity contribution >= 4 is 11.9 Å². The number of aliphatic carboxylic acids is 1. The van der Waals surface area contributed by atoms with E-state index in [4.69, 9.17) is 0 Å². The molecule has 6 heteroatoms. The number of carboxylic acid groups (broad SMARTS) is 1. The van der Waals surface area contributed by atoms with Gasteiger partial charge < -0.3 is 15.0 Å². The fourth-order valence-corrected chi connectivity index (χ4v) is 2.49. The summed E-state index contributed by atoms with van der Waals surface area (Å²) >= 11 is 0. The molecule has 128 valence electrons. The van der Waals surface area contributed by atoms with E-state index in [1.165, 1.54) is 10.6 Å². The molecule has 0 spiro atoms. The van der Waals surface area contributed by atoms with Gasteiger partial charge in [-0.05, 0) is 30.9 Å². The molecule has 23 heavy (non-hydrogen) atoms. The first-order valence-corrected chi connectivity index (χ1v) is 7.99. The number of rotatable bonds is 8. The molecule has 0 aliphatic heterocycles. The SMILES string of the molecule is CCCCC(NC(=O)C(C(C)C)n1ccc(C)cc1=O)C(=O)O. The Morgan fingerprint density at radius 1 is 1.35 bits per heavy atom. The zero-order valence-corrected chi connectivity index (χ0v) is 14.2. The molecular weight excluding hydrogens is 296 g/mol. The van der Waals surface area contributed by atoms with Gasteiger partial charge in [0.05, 0.1) is 0 Å². The lowest BCUT2D eigenvalue weighted by atomic mass is 10.0. The number of amides is 1. The van der Waals surface area contributed by atoms with Gasteiger partial charge in [0.15, 0.2) is 0 Å². The Morgan fingerprint density at radius 3 is 2.48 bits per heavy atom. The predicted molar refractivity (Wildman–Crippen MR) is 88.4 cm³/mol. The first kappa shape index (κ1) is 18.9. The highest BCUT2D eigenvalue weighted by atomic mass is 16.4. The van der Waals surface area contributed by atoms with Crippen molar-refractivity contribution in [2.75, 3.05) is 0 Å². The van der Waals surface area contributed by atoms with Crippen LogP contribution in [0.15, 0.2) is 23.1 Å². The van der Waals surface area contributed by atoms with Crippen molar-refractivity contribution in [1.29, 1.82) is 0 Å². The minimum atomic E-state index is -1.05. The van der Waals surface area contributed by atoms with E-state index in [-0.39, 0.29) is 11.5 Å². The minimum absolute atomic E-state index is 0.143. The zero-order valence-electron chi connectivity index (χ0n) is 14.2. The normalized spacial score (nSPS) is 13.6. The molecule has 0 saturated carbocycles. The van der Waals surface area contributed by atoms with Gasteiger partial charge in [-0.3, -0.25) is 9.59 Å². The number of nitrogens with one attached hydrogen (secondary N) is 1. The summed E-state index contributed by atoms with van der Waals surface area (Å²) in [4.78, 5) is 36.0. The molecule has 0 aliphatic rings. The zero-order chi connectivity index (χ0) is 17.6. The van der Waals surface area contributed by atoms with Crippen LogP contribution in [-0.4, -0.2) is 27.6 Å². The Hall–Kier alpha value is -2.11. The highest BCUT2D eigenvalue weighted by molar-refractivity contribution is 5.86. The summed E-state index contributed by atoms with van der Waals surface area (Å²) in [5.41, 5.74) is 0.555. The van der Waals surface area contributed by atoms with E-state index in [2.05, 4.69) is 5.32 Å². The van der Waals surface area contributed by atoms with Gasteiger partial charge >= 0.3 is 5.97 Å². The molecule has 1 aromatic rings. The third-order valence-corrected chi connectivity index (χ3v) is 3.76. The van der Waals surface area contributed by atoms with Crippen LogP contribution in [-0.2, 0) is 9.59 Å². The summed E-state index contributed by atoms with van der Waals surface area (Å²) in [6, 6.07) is 1.57. The molecule has 1 amide bonds. The van der Waals surface area contributed by atoms with Crippen molar-refractivity contribution < 1.29 is 14.7 Å². The number of aryl methyl sites for hydroxylation is 1. The van der Waals surface area contributed by atoms with Gasteiger partial charge in [0.25, 0.3) is 5.56 Å². The number of unbranched alkanes of at least 4 members (excludes halogenated alkanes) is 1. The van der Waals surface area contributed by atoms with Gasteiger partial charge in [-0.25, -0.2) is 4.79 Å². The summed E-state index contributed by atoms with van der Waals surface area (Å²) < 4.78 is 1.37. The Morgan fingerprint density at radius 2 is 2.00 bits per heavy atom. The Bertz CT molecular complexity index is 607. The number of hydrogen-bond donors (Lipinski definition) is 2. The van der Waals surface area contributed by atoms with Crippen LogP contribution >= 0.6 is 0 Å². The number of pyridine rings is 1. The van der Waals surface area contributed by atoms with Gasteiger partial charge in [-0.2, -0.15) is 0 Å². The van der Waals surface area contributed by atoms with Crippen LogP contribution in [0.1, 0.15) is 51.6 Å². The highest BCUT2D eigenvalue weighted by Gasteiger charge is 2.28. The quantitative estimate of drug-likeness (QED) is 0.767. The Kier molecular flexibility index (Phi) is 7.00. The molecule has 1 aromatic heterocycles. The number of hydrogen-bond acceptors (Lipinski definition) is 3. The molecule has 2 atom stereocenters. The molecule has 6 nitrogen and oxygen atoms in total. The Balaban J connectivity index is 3.02. The topological polar surface area (TPSA) is 88.4 Å². The van der Waals surface area contributed by atoms with E-state index in [1.54, 1.807) is 19.2 Å². The van der Waals surface area contributed by atoms with Crippen LogP contribution in [0.3, 0.4) is 0 Å². The van der Waals surface area contributed by atoms with E-state index >= 15 is 0 Å². The molecule has 2 unspecified atom stereocenters. The standard InChI is InChI=1S/C17H26N2O4/c1-5-6-7-13(17(22)23)18-16(21)15(11(2)3)19-9-8-12(4)10-14(19)20/h8-11,13,15H,5-7H2,1-4H3,(H,18,21)(H,22,23). The van der Waals surface area contributed by atoms with E-state index in [0.29, 0.717) is 12.8 Å². The number of carboxylic acids is 1. The van der Waals surface area contributed by atoms with Gasteiger partial charge in [0, 0.05) is 12.3 Å².